The highest BCUT2D eigenvalue weighted by atomic mass is 32.1. The molecule has 4 rings (SSSR count). The smallest absolute Gasteiger partial charge is 0.348 e. The van der Waals surface area contributed by atoms with Crippen LogP contribution in [0.25, 0.3) is 10.4 Å². The van der Waals surface area contributed by atoms with E-state index in [2.05, 4.69) is 29.6 Å². The van der Waals surface area contributed by atoms with E-state index in [1.165, 1.54) is 16.9 Å². The maximum absolute atomic E-state index is 12.7. The fraction of sp³-hybridized carbons (Fsp3) is 0.227. The fourth-order valence-electron chi connectivity index (χ4n) is 3.44. The Morgan fingerprint density at radius 1 is 0.962 bits per heavy atom. The molecular formula is C22H21NO2S. The average molecular weight is 363 g/mol. The van der Waals surface area contributed by atoms with Crippen LogP contribution in [0.3, 0.4) is 0 Å². The van der Waals surface area contributed by atoms with Gasteiger partial charge in [0, 0.05) is 17.3 Å². The van der Waals surface area contributed by atoms with Crippen molar-refractivity contribution >= 4 is 17.3 Å². The molecular weight excluding hydrogens is 342 g/mol. The van der Waals surface area contributed by atoms with Crippen LogP contribution in [-0.4, -0.2) is 25.2 Å². The van der Waals surface area contributed by atoms with E-state index in [9.17, 15) is 4.79 Å². The van der Waals surface area contributed by atoms with E-state index in [0.717, 1.165) is 23.4 Å². The highest BCUT2D eigenvalue weighted by Gasteiger charge is 2.30. The molecule has 3 aromatic rings. The first-order valence-electron chi connectivity index (χ1n) is 8.93. The first kappa shape index (κ1) is 17.0. The van der Waals surface area contributed by atoms with Gasteiger partial charge in [-0.3, -0.25) is 0 Å². The van der Waals surface area contributed by atoms with Gasteiger partial charge in [-0.25, -0.2) is 4.79 Å². The molecule has 1 fully saturated rings. The Morgan fingerprint density at radius 2 is 1.69 bits per heavy atom. The van der Waals surface area contributed by atoms with Crippen molar-refractivity contribution in [2.75, 3.05) is 13.1 Å². The fourth-order valence-corrected chi connectivity index (χ4v) is 4.33. The molecule has 0 spiro atoms. The van der Waals surface area contributed by atoms with Gasteiger partial charge < -0.3 is 10.1 Å². The number of rotatable bonds is 4. The van der Waals surface area contributed by atoms with Crippen LogP contribution >= 0.6 is 11.3 Å². The lowest BCUT2D eigenvalue weighted by atomic mass is 9.88. The number of hydrogen-bond acceptors (Lipinski definition) is 4. The second-order valence-corrected chi connectivity index (χ2v) is 7.57. The molecule has 2 aromatic carbocycles. The third-order valence-corrected chi connectivity index (χ3v) is 5.89. The molecule has 1 N–H and O–H groups in total. The highest BCUT2D eigenvalue weighted by molar-refractivity contribution is 7.17. The number of nitrogens with one attached hydrogen (secondary N) is 1. The summed E-state index contributed by atoms with van der Waals surface area (Å²) in [6.07, 6.45) is 0.836. The Morgan fingerprint density at radius 3 is 2.46 bits per heavy atom. The second-order valence-electron chi connectivity index (χ2n) is 6.48. The third-order valence-electron chi connectivity index (χ3n) is 4.78. The summed E-state index contributed by atoms with van der Waals surface area (Å²) in [5.74, 6) is 0.0155. The van der Waals surface area contributed by atoms with Crippen LogP contribution < -0.4 is 5.32 Å². The van der Waals surface area contributed by atoms with Gasteiger partial charge in [0.15, 0.2) is 0 Å². The predicted molar refractivity (Wildman–Crippen MR) is 106 cm³/mol. The first-order chi connectivity index (χ1) is 12.8. The van der Waals surface area contributed by atoms with Gasteiger partial charge in [0.25, 0.3) is 0 Å². The van der Waals surface area contributed by atoms with Crippen LogP contribution in [0.2, 0.25) is 0 Å². The zero-order chi connectivity index (χ0) is 17.8. The number of thiophene rings is 1. The van der Waals surface area contributed by atoms with Gasteiger partial charge in [-0.15, -0.1) is 11.3 Å². The lowest BCUT2D eigenvalue weighted by Crippen LogP contribution is -2.42. The van der Waals surface area contributed by atoms with Gasteiger partial charge >= 0.3 is 5.97 Å². The number of piperidine rings is 1. The SMILES string of the molecule is O=C(O[C@H]1CNCC[C@@H]1c1ccccc1)c1ccc(-c2ccccc2)s1. The van der Waals surface area contributed by atoms with Crippen molar-refractivity contribution in [3.8, 4) is 10.4 Å². The summed E-state index contributed by atoms with van der Waals surface area (Å²) in [6.45, 7) is 1.65. The Bertz CT molecular complexity index is 860. The minimum atomic E-state index is -0.230. The summed E-state index contributed by atoms with van der Waals surface area (Å²) in [5, 5.41) is 3.35. The standard InChI is InChI=1S/C22H21NO2S/c24-22(21-12-11-20(26-21)17-9-5-2-6-10-17)25-19-15-23-14-13-18(19)16-7-3-1-4-8-16/h1-12,18-19,23H,13-15H2/t18-,19+/m1/s1. The quantitative estimate of drug-likeness (QED) is 0.682. The number of benzene rings is 2. The molecule has 4 heteroatoms. The first-order valence-corrected chi connectivity index (χ1v) is 9.75. The van der Waals surface area contributed by atoms with Crippen molar-refractivity contribution < 1.29 is 9.53 Å². The van der Waals surface area contributed by atoms with Crippen molar-refractivity contribution in [1.29, 1.82) is 0 Å². The molecule has 3 nitrogen and oxygen atoms in total. The molecule has 0 bridgehead atoms. The number of carbonyl (C=O) groups excluding carboxylic acids is 1. The maximum Gasteiger partial charge on any atom is 0.348 e. The van der Waals surface area contributed by atoms with Crippen LogP contribution in [-0.2, 0) is 4.74 Å². The zero-order valence-electron chi connectivity index (χ0n) is 14.4. The largest absolute Gasteiger partial charge is 0.456 e. The molecule has 0 unspecified atom stereocenters. The Balaban J connectivity index is 1.49. The molecule has 0 amide bonds. The van der Waals surface area contributed by atoms with Crippen molar-refractivity contribution in [3.63, 3.8) is 0 Å². The number of esters is 1. The monoisotopic (exact) mass is 363 g/mol. The number of hydrogen-bond donors (Lipinski definition) is 1. The van der Waals surface area contributed by atoms with Gasteiger partial charge in [0.05, 0.1) is 0 Å². The molecule has 0 radical (unpaired) electrons. The van der Waals surface area contributed by atoms with Gasteiger partial charge in [-0.2, -0.15) is 0 Å². The number of carbonyl (C=O) groups is 1. The third kappa shape index (κ3) is 3.71. The average Bonchev–Trinajstić information content (AvgIpc) is 3.20. The minimum absolute atomic E-state index is 0.138. The molecule has 1 aliphatic rings. The van der Waals surface area contributed by atoms with Gasteiger partial charge in [0.2, 0.25) is 0 Å². The molecule has 132 valence electrons. The van der Waals surface area contributed by atoms with Crippen LogP contribution in [0.4, 0.5) is 0 Å². The van der Waals surface area contributed by atoms with E-state index in [0.29, 0.717) is 11.4 Å². The summed E-state index contributed by atoms with van der Waals surface area (Å²) in [5.41, 5.74) is 2.36. The summed E-state index contributed by atoms with van der Waals surface area (Å²) >= 11 is 1.48. The molecule has 26 heavy (non-hydrogen) atoms. The van der Waals surface area contributed by atoms with Crippen LogP contribution in [0.5, 0.6) is 0 Å². The molecule has 2 heterocycles. The van der Waals surface area contributed by atoms with Crippen molar-refractivity contribution in [2.45, 2.75) is 18.4 Å². The van der Waals surface area contributed by atoms with E-state index in [4.69, 9.17) is 4.74 Å². The molecule has 0 saturated carbocycles. The predicted octanol–water partition coefficient (Wildman–Crippen LogP) is 4.72. The van der Waals surface area contributed by atoms with Crippen molar-refractivity contribution in [1.82, 2.24) is 5.32 Å². The molecule has 1 saturated heterocycles. The van der Waals surface area contributed by atoms with Gasteiger partial charge in [-0.1, -0.05) is 60.7 Å². The van der Waals surface area contributed by atoms with E-state index in [-0.39, 0.29) is 18.0 Å². The van der Waals surface area contributed by atoms with E-state index in [1.807, 2.05) is 48.5 Å². The van der Waals surface area contributed by atoms with Gasteiger partial charge in [-0.05, 0) is 36.2 Å². The zero-order valence-corrected chi connectivity index (χ0v) is 15.2. The Kier molecular flexibility index (Phi) is 5.14. The van der Waals surface area contributed by atoms with Gasteiger partial charge in [0.1, 0.15) is 11.0 Å². The molecule has 1 aliphatic heterocycles. The lowest BCUT2D eigenvalue weighted by Gasteiger charge is -2.32. The maximum atomic E-state index is 12.7. The topological polar surface area (TPSA) is 38.3 Å². The Labute approximate surface area is 157 Å². The summed E-state index contributed by atoms with van der Waals surface area (Å²) in [6, 6.07) is 24.3. The van der Waals surface area contributed by atoms with Crippen LogP contribution in [0.1, 0.15) is 27.6 Å². The summed E-state index contributed by atoms with van der Waals surface area (Å²) in [4.78, 5) is 14.4. The summed E-state index contributed by atoms with van der Waals surface area (Å²) < 4.78 is 5.90. The molecule has 1 aromatic heterocycles. The van der Waals surface area contributed by atoms with E-state index in [1.54, 1.807) is 0 Å². The van der Waals surface area contributed by atoms with Crippen LogP contribution in [0.15, 0.2) is 72.8 Å². The summed E-state index contributed by atoms with van der Waals surface area (Å²) in [7, 11) is 0. The van der Waals surface area contributed by atoms with Crippen molar-refractivity contribution in [2.24, 2.45) is 0 Å². The van der Waals surface area contributed by atoms with E-state index >= 15 is 0 Å². The highest BCUT2D eigenvalue weighted by Crippen LogP contribution is 2.31. The minimum Gasteiger partial charge on any atom is -0.456 e. The molecule has 2 atom stereocenters. The lowest BCUT2D eigenvalue weighted by molar-refractivity contribution is 0.0188. The normalized spacial score (nSPS) is 19.8. The Hall–Kier alpha value is -2.43. The van der Waals surface area contributed by atoms with Crippen LogP contribution in [0, 0.1) is 0 Å². The number of ether oxygens (including phenoxy) is 1. The van der Waals surface area contributed by atoms with Crippen molar-refractivity contribution in [3.05, 3.63) is 83.2 Å². The van der Waals surface area contributed by atoms with E-state index < -0.39 is 0 Å². The molecule has 0 aliphatic carbocycles. The second kappa shape index (κ2) is 7.85.